The largest absolute Gasteiger partial charge is 0.340 e. The number of pyridine rings is 1. The molecule has 2 aromatic rings. The fourth-order valence-electron chi connectivity index (χ4n) is 2.23. The minimum Gasteiger partial charge on any atom is -0.340 e. The number of imidazole rings is 1. The van der Waals surface area contributed by atoms with E-state index in [0.717, 1.165) is 11.5 Å². The van der Waals surface area contributed by atoms with Crippen molar-refractivity contribution in [2.75, 3.05) is 0 Å². The molecule has 0 amide bonds. The van der Waals surface area contributed by atoms with Crippen molar-refractivity contribution >= 4 is 5.71 Å². The van der Waals surface area contributed by atoms with Gasteiger partial charge in [0.05, 0.1) is 11.4 Å². The number of hydrogen-bond acceptors (Lipinski definition) is 4. The lowest BCUT2D eigenvalue weighted by Gasteiger charge is -2.07. The summed E-state index contributed by atoms with van der Waals surface area (Å²) >= 11 is 0. The molecule has 5 heteroatoms. The lowest BCUT2D eigenvalue weighted by Crippen LogP contribution is -2.20. The highest BCUT2D eigenvalue weighted by Crippen LogP contribution is 2.39. The van der Waals surface area contributed by atoms with Crippen molar-refractivity contribution in [3.8, 4) is 11.5 Å². The SMILES string of the molecule is CC(N)CC(=N)c1cccc(-c2ncc(C3CC3)[nH]2)n1. The molecule has 0 aromatic carbocycles. The fourth-order valence-corrected chi connectivity index (χ4v) is 2.23. The monoisotopic (exact) mass is 269 g/mol. The summed E-state index contributed by atoms with van der Waals surface area (Å²) in [6.07, 6.45) is 4.92. The normalized spacial score (nSPS) is 16.1. The van der Waals surface area contributed by atoms with E-state index in [1.54, 1.807) is 0 Å². The number of aromatic amines is 1. The van der Waals surface area contributed by atoms with E-state index in [0.29, 0.717) is 23.7 Å². The summed E-state index contributed by atoms with van der Waals surface area (Å²) < 4.78 is 0. The molecule has 20 heavy (non-hydrogen) atoms. The number of nitrogens with one attached hydrogen (secondary N) is 2. The van der Waals surface area contributed by atoms with Gasteiger partial charge in [-0.1, -0.05) is 6.07 Å². The topological polar surface area (TPSA) is 91.4 Å². The van der Waals surface area contributed by atoms with E-state index in [9.17, 15) is 0 Å². The van der Waals surface area contributed by atoms with Crippen molar-refractivity contribution in [1.82, 2.24) is 15.0 Å². The molecule has 5 nitrogen and oxygen atoms in total. The summed E-state index contributed by atoms with van der Waals surface area (Å²) in [5.41, 5.74) is 8.85. The van der Waals surface area contributed by atoms with Crippen LogP contribution in [0.25, 0.3) is 11.5 Å². The van der Waals surface area contributed by atoms with Crippen LogP contribution < -0.4 is 5.73 Å². The van der Waals surface area contributed by atoms with Crippen LogP contribution in [0, 0.1) is 5.41 Å². The average Bonchev–Trinajstić information content (AvgIpc) is 3.16. The van der Waals surface area contributed by atoms with Gasteiger partial charge in [-0.2, -0.15) is 0 Å². The number of H-pyrrole nitrogens is 1. The van der Waals surface area contributed by atoms with Crippen LogP contribution in [0.3, 0.4) is 0 Å². The van der Waals surface area contributed by atoms with Crippen LogP contribution in [-0.4, -0.2) is 26.7 Å². The van der Waals surface area contributed by atoms with E-state index in [2.05, 4.69) is 15.0 Å². The molecule has 2 heterocycles. The highest BCUT2D eigenvalue weighted by atomic mass is 15.0. The molecule has 1 unspecified atom stereocenters. The summed E-state index contributed by atoms with van der Waals surface area (Å²) in [5.74, 6) is 1.43. The zero-order valence-corrected chi connectivity index (χ0v) is 11.6. The van der Waals surface area contributed by atoms with Crippen molar-refractivity contribution in [3.05, 3.63) is 35.8 Å². The molecule has 1 aliphatic carbocycles. The molecule has 0 saturated heterocycles. The van der Waals surface area contributed by atoms with Crippen molar-refractivity contribution < 1.29 is 0 Å². The van der Waals surface area contributed by atoms with Gasteiger partial charge in [0.25, 0.3) is 0 Å². The Kier molecular flexibility index (Phi) is 3.36. The minimum atomic E-state index is -0.0296. The summed E-state index contributed by atoms with van der Waals surface area (Å²) in [4.78, 5) is 12.2. The Morgan fingerprint density at radius 3 is 3.00 bits per heavy atom. The molecule has 0 spiro atoms. The average molecular weight is 269 g/mol. The summed E-state index contributed by atoms with van der Waals surface area (Å²) in [6.45, 7) is 1.90. The predicted molar refractivity (Wildman–Crippen MR) is 78.9 cm³/mol. The molecule has 104 valence electrons. The van der Waals surface area contributed by atoms with E-state index in [-0.39, 0.29) is 6.04 Å². The Bertz CT molecular complexity index is 625. The van der Waals surface area contributed by atoms with Crippen LogP contribution in [-0.2, 0) is 0 Å². The maximum absolute atomic E-state index is 8.03. The summed E-state index contributed by atoms with van der Waals surface area (Å²) in [5, 5.41) is 8.03. The molecular weight excluding hydrogens is 250 g/mol. The van der Waals surface area contributed by atoms with Gasteiger partial charge in [-0.15, -0.1) is 0 Å². The van der Waals surface area contributed by atoms with Crippen LogP contribution in [0.1, 0.15) is 43.5 Å². The Labute approximate surface area is 118 Å². The van der Waals surface area contributed by atoms with Crippen LogP contribution in [0.4, 0.5) is 0 Å². The first-order valence-corrected chi connectivity index (χ1v) is 6.99. The summed E-state index contributed by atoms with van der Waals surface area (Å²) in [7, 11) is 0. The van der Waals surface area contributed by atoms with E-state index in [1.807, 2.05) is 31.3 Å². The van der Waals surface area contributed by atoms with Crippen molar-refractivity contribution in [1.29, 1.82) is 5.41 Å². The molecule has 0 bridgehead atoms. The van der Waals surface area contributed by atoms with Crippen LogP contribution in [0.5, 0.6) is 0 Å². The highest BCUT2D eigenvalue weighted by molar-refractivity contribution is 5.97. The third-order valence-corrected chi connectivity index (χ3v) is 3.44. The van der Waals surface area contributed by atoms with Gasteiger partial charge in [0.15, 0.2) is 5.82 Å². The molecule has 3 rings (SSSR count). The molecule has 4 N–H and O–H groups in total. The maximum atomic E-state index is 8.03. The Morgan fingerprint density at radius 2 is 2.30 bits per heavy atom. The molecule has 1 atom stereocenters. The Morgan fingerprint density at radius 1 is 1.50 bits per heavy atom. The second-order valence-corrected chi connectivity index (χ2v) is 5.53. The molecule has 0 radical (unpaired) electrons. The number of aromatic nitrogens is 3. The standard InChI is InChI=1S/C15H19N5/c1-9(16)7-11(17)12-3-2-4-13(19-12)15-18-8-14(20-15)10-5-6-10/h2-4,8-10,17H,5-7,16H2,1H3,(H,18,20). The van der Waals surface area contributed by atoms with Crippen molar-refractivity contribution in [2.24, 2.45) is 5.73 Å². The van der Waals surface area contributed by atoms with Gasteiger partial charge in [-0.3, -0.25) is 0 Å². The van der Waals surface area contributed by atoms with Gasteiger partial charge in [0, 0.05) is 30.3 Å². The van der Waals surface area contributed by atoms with Gasteiger partial charge in [-0.05, 0) is 31.9 Å². The van der Waals surface area contributed by atoms with Gasteiger partial charge < -0.3 is 16.1 Å². The van der Waals surface area contributed by atoms with Gasteiger partial charge >= 0.3 is 0 Å². The summed E-state index contributed by atoms with van der Waals surface area (Å²) in [6, 6.07) is 5.64. The second kappa shape index (κ2) is 5.17. The lowest BCUT2D eigenvalue weighted by atomic mass is 10.1. The first-order valence-electron chi connectivity index (χ1n) is 6.99. The van der Waals surface area contributed by atoms with Crippen LogP contribution >= 0.6 is 0 Å². The first kappa shape index (κ1) is 13.0. The first-order chi connectivity index (χ1) is 9.63. The Hall–Kier alpha value is -2.01. The zero-order chi connectivity index (χ0) is 14.1. The maximum Gasteiger partial charge on any atom is 0.156 e. The van der Waals surface area contributed by atoms with E-state index in [4.69, 9.17) is 11.1 Å². The molecule has 1 fully saturated rings. The molecule has 0 aliphatic heterocycles. The minimum absolute atomic E-state index is 0.0296. The number of nitrogens with two attached hydrogens (primary N) is 1. The van der Waals surface area contributed by atoms with Gasteiger partial charge in [0.1, 0.15) is 5.69 Å². The zero-order valence-electron chi connectivity index (χ0n) is 11.6. The van der Waals surface area contributed by atoms with Gasteiger partial charge in [0.2, 0.25) is 0 Å². The van der Waals surface area contributed by atoms with Crippen LogP contribution in [0.15, 0.2) is 24.4 Å². The lowest BCUT2D eigenvalue weighted by molar-refractivity contribution is 0.775. The molecule has 1 aliphatic rings. The third-order valence-electron chi connectivity index (χ3n) is 3.44. The third kappa shape index (κ3) is 2.77. The quantitative estimate of drug-likeness (QED) is 0.728. The molecular formula is C15H19N5. The predicted octanol–water partition coefficient (Wildman–Crippen LogP) is 2.45. The highest BCUT2D eigenvalue weighted by Gasteiger charge is 2.25. The fraction of sp³-hybridized carbons (Fsp3) is 0.400. The number of hydrogen-bond donors (Lipinski definition) is 3. The van der Waals surface area contributed by atoms with Crippen LogP contribution in [0.2, 0.25) is 0 Å². The smallest absolute Gasteiger partial charge is 0.156 e. The van der Waals surface area contributed by atoms with Crippen molar-refractivity contribution in [3.63, 3.8) is 0 Å². The van der Waals surface area contributed by atoms with E-state index in [1.165, 1.54) is 18.5 Å². The van der Waals surface area contributed by atoms with E-state index >= 15 is 0 Å². The molecule has 1 saturated carbocycles. The molecule has 2 aromatic heterocycles. The van der Waals surface area contributed by atoms with E-state index < -0.39 is 0 Å². The van der Waals surface area contributed by atoms with Gasteiger partial charge in [-0.25, -0.2) is 9.97 Å². The second-order valence-electron chi connectivity index (χ2n) is 5.53. The Balaban J connectivity index is 1.84. The number of nitrogens with zero attached hydrogens (tertiary/aromatic N) is 2. The van der Waals surface area contributed by atoms with Crippen molar-refractivity contribution in [2.45, 2.75) is 38.1 Å². The number of rotatable bonds is 5.